The van der Waals surface area contributed by atoms with E-state index < -0.39 is 0 Å². The first kappa shape index (κ1) is 17.8. The van der Waals surface area contributed by atoms with Crippen LogP contribution >= 0.6 is 11.6 Å². The van der Waals surface area contributed by atoms with E-state index in [2.05, 4.69) is 40.4 Å². The molecule has 1 aliphatic rings. The summed E-state index contributed by atoms with van der Waals surface area (Å²) >= 11 is 6.11. The Kier molecular flexibility index (Phi) is 5.23. The maximum Gasteiger partial charge on any atom is 0.229 e. The lowest BCUT2D eigenvalue weighted by atomic mass is 10.1. The highest BCUT2D eigenvalue weighted by Crippen LogP contribution is 2.26. The Labute approximate surface area is 164 Å². The molecule has 2 aromatic carbocycles. The predicted octanol–water partition coefficient (Wildman–Crippen LogP) is 4.29. The molecule has 3 aromatic rings. The summed E-state index contributed by atoms with van der Waals surface area (Å²) in [6, 6.07) is 19.9. The number of nitrogens with one attached hydrogen (secondary N) is 1. The summed E-state index contributed by atoms with van der Waals surface area (Å²) in [5.41, 5.74) is 2.85. The molecule has 0 radical (unpaired) electrons. The highest BCUT2D eigenvalue weighted by atomic mass is 35.5. The molecule has 0 saturated carbocycles. The fraction of sp³-hybridized carbons (Fsp3) is 0.238. The monoisotopic (exact) mass is 379 g/mol. The highest BCUT2D eigenvalue weighted by Gasteiger charge is 2.17. The molecule has 6 heteroatoms. The number of piperazine rings is 1. The summed E-state index contributed by atoms with van der Waals surface area (Å²) in [5.74, 6) is 1.52. The van der Waals surface area contributed by atoms with Gasteiger partial charge in [0.25, 0.3) is 0 Å². The summed E-state index contributed by atoms with van der Waals surface area (Å²) < 4.78 is 0. The molecule has 0 aliphatic carbocycles. The molecular formula is C21H22ClN5. The molecule has 4 rings (SSSR count). The number of aromatic nitrogens is 2. The number of rotatable bonds is 4. The van der Waals surface area contributed by atoms with Gasteiger partial charge < -0.3 is 15.1 Å². The topological polar surface area (TPSA) is 44.3 Å². The molecule has 5 nitrogen and oxygen atoms in total. The molecule has 1 aliphatic heterocycles. The summed E-state index contributed by atoms with van der Waals surface area (Å²) in [5, 5.41) is 3.98. The van der Waals surface area contributed by atoms with Crippen molar-refractivity contribution in [2.45, 2.75) is 0 Å². The zero-order valence-corrected chi connectivity index (χ0v) is 16.0. The number of benzene rings is 2. The molecule has 2 heterocycles. The predicted molar refractivity (Wildman–Crippen MR) is 112 cm³/mol. The number of halogens is 1. The second-order valence-electron chi connectivity index (χ2n) is 6.73. The third-order valence-corrected chi connectivity index (χ3v) is 4.93. The van der Waals surface area contributed by atoms with Crippen LogP contribution in [0.4, 0.5) is 17.5 Å². The van der Waals surface area contributed by atoms with Gasteiger partial charge in [-0.05, 0) is 25.2 Å². The van der Waals surface area contributed by atoms with Gasteiger partial charge in [0.2, 0.25) is 5.95 Å². The second kappa shape index (κ2) is 7.94. The summed E-state index contributed by atoms with van der Waals surface area (Å²) in [7, 11) is 2.15. The van der Waals surface area contributed by atoms with Crippen molar-refractivity contribution < 1.29 is 0 Å². The zero-order valence-electron chi connectivity index (χ0n) is 15.3. The normalized spacial score (nSPS) is 15.0. The van der Waals surface area contributed by atoms with Gasteiger partial charge in [-0.3, -0.25) is 0 Å². The Morgan fingerprint density at radius 1 is 0.889 bits per heavy atom. The van der Waals surface area contributed by atoms with Crippen LogP contribution < -0.4 is 10.2 Å². The van der Waals surface area contributed by atoms with Gasteiger partial charge in [-0.1, -0.05) is 48.0 Å². The van der Waals surface area contributed by atoms with Gasteiger partial charge in [-0.15, -0.1) is 0 Å². The van der Waals surface area contributed by atoms with Gasteiger partial charge in [0.05, 0.1) is 5.69 Å². The Morgan fingerprint density at radius 2 is 1.67 bits per heavy atom. The van der Waals surface area contributed by atoms with Crippen molar-refractivity contribution in [3.8, 4) is 11.3 Å². The Morgan fingerprint density at radius 3 is 2.41 bits per heavy atom. The van der Waals surface area contributed by atoms with Crippen LogP contribution in [0.2, 0.25) is 5.02 Å². The van der Waals surface area contributed by atoms with Crippen LogP contribution in [-0.2, 0) is 0 Å². The highest BCUT2D eigenvalue weighted by molar-refractivity contribution is 6.30. The lowest BCUT2D eigenvalue weighted by molar-refractivity contribution is 0.312. The fourth-order valence-electron chi connectivity index (χ4n) is 3.14. The van der Waals surface area contributed by atoms with Crippen molar-refractivity contribution >= 4 is 29.1 Å². The van der Waals surface area contributed by atoms with E-state index in [1.165, 1.54) is 0 Å². The number of anilines is 3. The van der Waals surface area contributed by atoms with Crippen LogP contribution in [0.5, 0.6) is 0 Å². The average molecular weight is 380 g/mol. The molecule has 0 atom stereocenters. The van der Waals surface area contributed by atoms with E-state index in [1.807, 2.05) is 42.5 Å². The van der Waals surface area contributed by atoms with E-state index in [9.17, 15) is 0 Å². The molecule has 0 bridgehead atoms. The molecular weight excluding hydrogens is 358 g/mol. The van der Waals surface area contributed by atoms with Crippen LogP contribution in [-0.4, -0.2) is 48.1 Å². The van der Waals surface area contributed by atoms with E-state index in [0.717, 1.165) is 48.9 Å². The Balaban J connectivity index is 1.70. The second-order valence-corrected chi connectivity index (χ2v) is 7.16. The SMILES string of the molecule is CN1CCN(c2cc(-c3ccccc3)nc(Nc3cccc(Cl)c3)n2)CC1. The minimum Gasteiger partial charge on any atom is -0.354 e. The standard InChI is InChI=1S/C21H22ClN5/c1-26-10-12-27(13-11-26)20-15-19(16-6-3-2-4-7-16)24-21(25-20)23-18-9-5-8-17(22)14-18/h2-9,14-15H,10-13H2,1H3,(H,23,24,25). The van der Waals surface area contributed by atoms with E-state index in [-0.39, 0.29) is 0 Å². The first-order valence-electron chi connectivity index (χ1n) is 9.08. The van der Waals surface area contributed by atoms with Crippen LogP contribution in [0, 0.1) is 0 Å². The van der Waals surface area contributed by atoms with Crippen LogP contribution in [0.25, 0.3) is 11.3 Å². The van der Waals surface area contributed by atoms with Gasteiger partial charge in [-0.25, -0.2) is 4.98 Å². The number of likely N-dealkylation sites (N-methyl/N-ethyl adjacent to an activating group) is 1. The smallest absolute Gasteiger partial charge is 0.229 e. The molecule has 1 fully saturated rings. The third-order valence-electron chi connectivity index (χ3n) is 4.69. The molecule has 0 amide bonds. The fourth-order valence-corrected chi connectivity index (χ4v) is 3.33. The molecule has 1 N–H and O–H groups in total. The quantitative estimate of drug-likeness (QED) is 0.732. The maximum atomic E-state index is 6.11. The largest absolute Gasteiger partial charge is 0.354 e. The first-order chi connectivity index (χ1) is 13.2. The first-order valence-corrected chi connectivity index (χ1v) is 9.46. The van der Waals surface area contributed by atoms with Crippen molar-refractivity contribution in [2.75, 3.05) is 43.4 Å². The van der Waals surface area contributed by atoms with Gasteiger partial charge >= 0.3 is 0 Å². The van der Waals surface area contributed by atoms with Crippen LogP contribution in [0.3, 0.4) is 0 Å². The van der Waals surface area contributed by atoms with Gasteiger partial charge in [0.15, 0.2) is 0 Å². The summed E-state index contributed by atoms with van der Waals surface area (Å²) in [6.45, 7) is 3.97. The zero-order chi connectivity index (χ0) is 18.6. The molecule has 0 spiro atoms. The van der Waals surface area contributed by atoms with Crippen molar-refractivity contribution in [3.63, 3.8) is 0 Å². The van der Waals surface area contributed by atoms with Gasteiger partial charge in [-0.2, -0.15) is 4.98 Å². The van der Waals surface area contributed by atoms with E-state index in [1.54, 1.807) is 0 Å². The lowest BCUT2D eigenvalue weighted by Crippen LogP contribution is -2.44. The number of hydrogen-bond donors (Lipinski definition) is 1. The number of hydrogen-bond acceptors (Lipinski definition) is 5. The van der Waals surface area contributed by atoms with Gasteiger partial charge in [0, 0.05) is 48.5 Å². The minimum absolute atomic E-state index is 0.576. The maximum absolute atomic E-state index is 6.11. The van der Waals surface area contributed by atoms with Gasteiger partial charge in [0.1, 0.15) is 5.82 Å². The lowest BCUT2D eigenvalue weighted by Gasteiger charge is -2.33. The molecule has 1 saturated heterocycles. The molecule has 1 aromatic heterocycles. The molecule has 138 valence electrons. The van der Waals surface area contributed by atoms with Crippen LogP contribution in [0.15, 0.2) is 60.7 Å². The van der Waals surface area contributed by atoms with E-state index in [4.69, 9.17) is 21.6 Å². The minimum atomic E-state index is 0.576. The summed E-state index contributed by atoms with van der Waals surface area (Å²) in [4.78, 5) is 14.2. The third kappa shape index (κ3) is 4.38. The van der Waals surface area contributed by atoms with Crippen molar-refractivity contribution in [1.29, 1.82) is 0 Å². The molecule has 27 heavy (non-hydrogen) atoms. The van der Waals surface area contributed by atoms with Crippen molar-refractivity contribution in [3.05, 3.63) is 65.7 Å². The Hall–Kier alpha value is -2.63. The van der Waals surface area contributed by atoms with Crippen molar-refractivity contribution in [2.24, 2.45) is 0 Å². The Bertz CT molecular complexity index is 907. The van der Waals surface area contributed by atoms with E-state index in [0.29, 0.717) is 11.0 Å². The van der Waals surface area contributed by atoms with Crippen molar-refractivity contribution in [1.82, 2.24) is 14.9 Å². The summed E-state index contributed by atoms with van der Waals surface area (Å²) in [6.07, 6.45) is 0. The average Bonchev–Trinajstić information content (AvgIpc) is 2.69. The van der Waals surface area contributed by atoms with E-state index >= 15 is 0 Å². The number of nitrogens with zero attached hydrogens (tertiary/aromatic N) is 4. The molecule has 0 unspecified atom stereocenters. The van der Waals surface area contributed by atoms with Crippen LogP contribution in [0.1, 0.15) is 0 Å².